The Morgan fingerprint density at radius 3 is 2.37 bits per heavy atom. The van der Waals surface area contributed by atoms with E-state index in [-0.39, 0.29) is 5.91 Å². The second-order valence-electron chi connectivity index (χ2n) is 7.48. The van der Waals surface area contributed by atoms with Gasteiger partial charge in [0.15, 0.2) is 0 Å². The van der Waals surface area contributed by atoms with Crippen molar-refractivity contribution in [2.75, 3.05) is 23.3 Å². The molecule has 0 aliphatic carbocycles. The van der Waals surface area contributed by atoms with Gasteiger partial charge in [0.05, 0.1) is 0 Å². The number of amides is 1. The Hall–Kier alpha value is -2.43. The van der Waals surface area contributed by atoms with Crippen LogP contribution in [0.2, 0.25) is 0 Å². The highest BCUT2D eigenvalue weighted by atomic mass is 16.1. The number of rotatable bonds is 5. The van der Waals surface area contributed by atoms with Crippen LogP contribution >= 0.6 is 0 Å². The van der Waals surface area contributed by atoms with E-state index >= 15 is 0 Å². The lowest BCUT2D eigenvalue weighted by molar-refractivity contribution is 0.102. The second kappa shape index (κ2) is 8.51. The minimum atomic E-state index is -0.164. The number of carbonyl (C=O) groups is 1. The first-order chi connectivity index (χ1) is 13.0. The minimum absolute atomic E-state index is 0.164. The van der Waals surface area contributed by atoms with Gasteiger partial charge in [0.2, 0.25) is 5.95 Å². The molecule has 2 aromatic rings. The van der Waals surface area contributed by atoms with Crippen molar-refractivity contribution in [3.05, 3.63) is 46.8 Å². The normalized spacial score (nSPS) is 15.0. The van der Waals surface area contributed by atoms with Crippen molar-refractivity contribution in [2.45, 2.75) is 53.4 Å². The highest BCUT2D eigenvalue weighted by Gasteiger charge is 2.20. The topological polar surface area (TPSA) is 58.1 Å². The average Bonchev–Trinajstić information content (AvgIpc) is 2.68. The van der Waals surface area contributed by atoms with Gasteiger partial charge in [-0.1, -0.05) is 39.0 Å². The number of aryl methyl sites for hydroxylation is 3. The lowest BCUT2D eigenvalue weighted by atomic mass is 10.00. The summed E-state index contributed by atoms with van der Waals surface area (Å²) in [6.07, 6.45) is 4.04. The van der Waals surface area contributed by atoms with Crippen LogP contribution in [0.15, 0.2) is 24.3 Å². The highest BCUT2D eigenvalue weighted by Crippen LogP contribution is 2.24. The fraction of sp³-hybridized carbons (Fsp3) is 0.500. The fourth-order valence-corrected chi connectivity index (χ4v) is 3.60. The number of hydrogen-bond acceptors (Lipinski definition) is 4. The average molecular weight is 367 g/mol. The number of benzene rings is 1. The Labute approximate surface area is 162 Å². The molecule has 0 unspecified atom stereocenters. The van der Waals surface area contributed by atoms with Crippen LogP contribution in [0.3, 0.4) is 0 Å². The number of nitrogens with zero attached hydrogens (tertiary/aromatic N) is 3. The summed E-state index contributed by atoms with van der Waals surface area (Å²) in [5.74, 6) is 1.25. The molecule has 1 saturated heterocycles. The van der Waals surface area contributed by atoms with Crippen molar-refractivity contribution < 1.29 is 4.79 Å². The van der Waals surface area contributed by atoms with Crippen molar-refractivity contribution >= 4 is 17.5 Å². The first kappa shape index (κ1) is 19.3. The summed E-state index contributed by atoms with van der Waals surface area (Å²) in [6, 6.07) is 7.96. The van der Waals surface area contributed by atoms with Crippen LogP contribution in [0.1, 0.15) is 60.9 Å². The number of carbonyl (C=O) groups excluding carboxylic acids is 1. The Morgan fingerprint density at radius 1 is 1.15 bits per heavy atom. The molecule has 0 saturated carbocycles. The van der Waals surface area contributed by atoms with Gasteiger partial charge in [0, 0.05) is 24.5 Å². The van der Waals surface area contributed by atoms with Crippen molar-refractivity contribution in [3.63, 3.8) is 0 Å². The van der Waals surface area contributed by atoms with Crippen molar-refractivity contribution in [1.29, 1.82) is 0 Å². The zero-order chi connectivity index (χ0) is 19.4. The van der Waals surface area contributed by atoms with Gasteiger partial charge in [0.25, 0.3) is 5.91 Å². The quantitative estimate of drug-likeness (QED) is 0.852. The Balaban J connectivity index is 1.85. The molecule has 1 fully saturated rings. The molecule has 0 bridgehead atoms. The minimum Gasteiger partial charge on any atom is -0.341 e. The van der Waals surface area contributed by atoms with Crippen LogP contribution in [0, 0.1) is 12.8 Å². The van der Waals surface area contributed by atoms with E-state index in [4.69, 9.17) is 0 Å². The van der Waals surface area contributed by atoms with Gasteiger partial charge in [-0.25, -0.2) is 9.97 Å². The van der Waals surface area contributed by atoms with Crippen LogP contribution in [-0.2, 0) is 12.8 Å². The summed E-state index contributed by atoms with van der Waals surface area (Å²) in [5, 5.41) is 3.11. The molecular formula is C22H30N4O. The lowest BCUT2D eigenvalue weighted by Gasteiger charge is -2.30. The summed E-state index contributed by atoms with van der Waals surface area (Å²) in [4.78, 5) is 24.3. The molecule has 0 radical (unpaired) electrons. The number of piperidine rings is 1. The van der Waals surface area contributed by atoms with E-state index in [2.05, 4.69) is 59.2 Å². The van der Waals surface area contributed by atoms with E-state index in [0.717, 1.165) is 67.2 Å². The SMILES string of the molecule is CCc1cccc(CC)c1NC(=O)c1cc(C)nc(N2CCC(C)CC2)n1. The monoisotopic (exact) mass is 366 g/mol. The van der Waals surface area contributed by atoms with E-state index < -0.39 is 0 Å². The number of para-hydroxylation sites is 1. The maximum Gasteiger partial charge on any atom is 0.274 e. The van der Waals surface area contributed by atoms with E-state index in [0.29, 0.717) is 11.6 Å². The van der Waals surface area contributed by atoms with Crippen LogP contribution in [0.5, 0.6) is 0 Å². The lowest BCUT2D eigenvalue weighted by Crippen LogP contribution is -2.34. The first-order valence-corrected chi connectivity index (χ1v) is 10.0. The molecule has 1 N–H and O–H groups in total. The van der Waals surface area contributed by atoms with Crippen LogP contribution in [-0.4, -0.2) is 29.0 Å². The maximum absolute atomic E-state index is 13.0. The molecule has 1 aliphatic heterocycles. The fourth-order valence-electron chi connectivity index (χ4n) is 3.60. The Kier molecular flexibility index (Phi) is 6.09. The van der Waals surface area contributed by atoms with Gasteiger partial charge >= 0.3 is 0 Å². The molecule has 1 aromatic carbocycles. The zero-order valence-electron chi connectivity index (χ0n) is 16.9. The van der Waals surface area contributed by atoms with Gasteiger partial charge in [0.1, 0.15) is 5.69 Å². The van der Waals surface area contributed by atoms with Crippen molar-refractivity contribution in [1.82, 2.24) is 9.97 Å². The molecule has 27 heavy (non-hydrogen) atoms. The highest BCUT2D eigenvalue weighted by molar-refractivity contribution is 6.04. The van der Waals surface area contributed by atoms with Crippen molar-refractivity contribution in [3.8, 4) is 0 Å². The number of aromatic nitrogens is 2. The van der Waals surface area contributed by atoms with E-state index in [9.17, 15) is 4.79 Å². The Bertz CT molecular complexity index is 788. The maximum atomic E-state index is 13.0. The molecule has 0 atom stereocenters. The standard InChI is InChI=1S/C22H30N4O/c1-5-17-8-7-9-18(6-2)20(17)25-21(27)19-14-16(4)23-22(24-19)26-12-10-15(3)11-13-26/h7-9,14-15H,5-6,10-13H2,1-4H3,(H,25,27). The van der Waals surface area contributed by atoms with Gasteiger partial charge in [-0.15, -0.1) is 0 Å². The molecule has 3 rings (SSSR count). The predicted octanol–water partition coefficient (Wildman–Crippen LogP) is 4.40. The van der Waals surface area contributed by atoms with Crippen LogP contribution < -0.4 is 10.2 Å². The van der Waals surface area contributed by atoms with E-state index in [1.807, 2.05) is 6.92 Å². The summed E-state index contributed by atoms with van der Waals surface area (Å²) in [7, 11) is 0. The van der Waals surface area contributed by atoms with Crippen LogP contribution in [0.25, 0.3) is 0 Å². The number of nitrogens with one attached hydrogen (secondary N) is 1. The van der Waals surface area contributed by atoms with Gasteiger partial charge < -0.3 is 10.2 Å². The first-order valence-electron chi connectivity index (χ1n) is 10.0. The summed E-state index contributed by atoms with van der Waals surface area (Å²) in [6.45, 7) is 10.3. The Morgan fingerprint density at radius 2 is 1.78 bits per heavy atom. The third kappa shape index (κ3) is 4.46. The van der Waals surface area contributed by atoms with E-state index in [1.54, 1.807) is 6.07 Å². The largest absolute Gasteiger partial charge is 0.341 e. The molecule has 5 nitrogen and oxygen atoms in total. The second-order valence-corrected chi connectivity index (χ2v) is 7.48. The van der Waals surface area contributed by atoms with Gasteiger partial charge in [-0.2, -0.15) is 0 Å². The summed E-state index contributed by atoms with van der Waals surface area (Å²) in [5.41, 5.74) is 4.49. The molecule has 144 valence electrons. The molecule has 1 aliphatic rings. The van der Waals surface area contributed by atoms with E-state index in [1.165, 1.54) is 0 Å². The zero-order valence-corrected chi connectivity index (χ0v) is 16.9. The van der Waals surface area contributed by atoms with Gasteiger partial charge in [-0.3, -0.25) is 4.79 Å². The molecule has 1 amide bonds. The molecule has 5 heteroatoms. The number of anilines is 2. The summed E-state index contributed by atoms with van der Waals surface area (Å²) < 4.78 is 0. The smallest absolute Gasteiger partial charge is 0.274 e. The molecule has 2 heterocycles. The van der Waals surface area contributed by atoms with Gasteiger partial charge in [-0.05, 0) is 55.7 Å². The van der Waals surface area contributed by atoms with Crippen molar-refractivity contribution in [2.24, 2.45) is 5.92 Å². The third-order valence-corrected chi connectivity index (χ3v) is 5.38. The molecule has 1 aromatic heterocycles. The molecular weight excluding hydrogens is 336 g/mol. The predicted molar refractivity (Wildman–Crippen MR) is 111 cm³/mol. The number of hydrogen-bond donors (Lipinski definition) is 1. The third-order valence-electron chi connectivity index (χ3n) is 5.38. The molecule has 0 spiro atoms. The summed E-state index contributed by atoms with van der Waals surface area (Å²) >= 11 is 0. The van der Waals surface area contributed by atoms with Crippen LogP contribution in [0.4, 0.5) is 11.6 Å².